The lowest BCUT2D eigenvalue weighted by molar-refractivity contribution is -0.124. The topological polar surface area (TPSA) is 49.3 Å². The zero-order chi connectivity index (χ0) is 17.4. The molecule has 0 bridgehead atoms. The quantitative estimate of drug-likeness (QED) is 0.885. The summed E-state index contributed by atoms with van der Waals surface area (Å²) in [5.41, 5.74) is -1.29. The Hall–Kier alpha value is -2.27. The predicted octanol–water partition coefficient (Wildman–Crippen LogP) is 3.02. The Balaban J connectivity index is 1.72. The lowest BCUT2D eigenvalue weighted by Crippen LogP contribution is -2.43. The van der Waals surface area contributed by atoms with Gasteiger partial charge in [-0.05, 0) is 31.4 Å². The fourth-order valence-electron chi connectivity index (χ4n) is 2.97. The second kappa shape index (κ2) is 5.98. The van der Waals surface area contributed by atoms with Gasteiger partial charge in [0.15, 0.2) is 0 Å². The number of hydrogen-bond donors (Lipinski definition) is 2. The lowest BCUT2D eigenvalue weighted by atomic mass is 9.92. The van der Waals surface area contributed by atoms with Gasteiger partial charge < -0.3 is 10.4 Å². The van der Waals surface area contributed by atoms with Crippen molar-refractivity contribution in [3.05, 3.63) is 71.3 Å². The molecule has 3 nitrogen and oxygen atoms in total. The molecule has 0 saturated heterocycles. The minimum Gasteiger partial charge on any atom is -0.383 e. The Bertz CT molecular complexity index is 755. The second-order valence-corrected chi connectivity index (χ2v) is 6.53. The molecule has 1 fully saturated rings. The van der Waals surface area contributed by atoms with Gasteiger partial charge in [-0.25, -0.2) is 8.78 Å². The highest BCUT2D eigenvalue weighted by Crippen LogP contribution is 2.48. The fourth-order valence-corrected chi connectivity index (χ4v) is 2.97. The van der Waals surface area contributed by atoms with Crippen molar-refractivity contribution in [1.82, 2.24) is 5.32 Å². The molecule has 24 heavy (non-hydrogen) atoms. The molecule has 2 aromatic carbocycles. The van der Waals surface area contributed by atoms with E-state index < -0.39 is 22.7 Å². The van der Waals surface area contributed by atoms with Gasteiger partial charge >= 0.3 is 0 Å². The van der Waals surface area contributed by atoms with Crippen LogP contribution in [-0.4, -0.2) is 17.6 Å². The summed E-state index contributed by atoms with van der Waals surface area (Å²) in [5.74, 6) is -1.73. The predicted molar refractivity (Wildman–Crippen MR) is 86.3 cm³/mol. The van der Waals surface area contributed by atoms with E-state index in [2.05, 4.69) is 5.32 Å². The molecule has 0 unspecified atom stereocenters. The van der Waals surface area contributed by atoms with Crippen LogP contribution in [0.15, 0.2) is 48.5 Å². The van der Waals surface area contributed by atoms with Crippen LogP contribution in [0.25, 0.3) is 0 Å². The van der Waals surface area contributed by atoms with E-state index >= 15 is 0 Å². The summed E-state index contributed by atoms with van der Waals surface area (Å²) in [6.45, 7) is 1.24. The van der Waals surface area contributed by atoms with E-state index in [0.29, 0.717) is 0 Å². The van der Waals surface area contributed by atoms with E-state index in [0.717, 1.165) is 30.5 Å². The molecule has 0 radical (unpaired) electrons. The molecule has 0 aromatic heterocycles. The van der Waals surface area contributed by atoms with Gasteiger partial charge in [-0.1, -0.05) is 36.4 Å². The van der Waals surface area contributed by atoms with Crippen LogP contribution in [0.1, 0.15) is 30.9 Å². The zero-order valence-corrected chi connectivity index (χ0v) is 13.4. The van der Waals surface area contributed by atoms with Gasteiger partial charge in [0.1, 0.15) is 17.2 Å². The third kappa shape index (κ3) is 3.04. The third-order valence-electron chi connectivity index (χ3n) is 4.62. The highest BCUT2D eigenvalue weighted by atomic mass is 19.1. The maximum Gasteiger partial charge on any atom is 0.230 e. The second-order valence-electron chi connectivity index (χ2n) is 6.53. The molecule has 126 valence electrons. The van der Waals surface area contributed by atoms with Crippen LogP contribution in [0.3, 0.4) is 0 Å². The van der Waals surface area contributed by atoms with Gasteiger partial charge in [-0.2, -0.15) is 0 Å². The van der Waals surface area contributed by atoms with Gasteiger partial charge in [0.25, 0.3) is 0 Å². The molecule has 5 heteroatoms. The Morgan fingerprint density at radius 3 is 2.46 bits per heavy atom. The minimum atomic E-state index is -1.62. The maximum atomic E-state index is 13.9. The molecule has 1 aliphatic rings. The minimum absolute atomic E-state index is 0.0474. The van der Waals surface area contributed by atoms with Crippen LogP contribution in [0.4, 0.5) is 8.78 Å². The Morgan fingerprint density at radius 2 is 1.88 bits per heavy atom. The Morgan fingerprint density at radius 1 is 1.21 bits per heavy atom. The van der Waals surface area contributed by atoms with E-state index in [-0.39, 0.29) is 18.0 Å². The number of carbonyl (C=O) groups excluding carboxylic acids is 1. The summed E-state index contributed by atoms with van der Waals surface area (Å²) in [5, 5.41) is 13.2. The average molecular weight is 331 g/mol. The standard InChI is InChI=1S/C19H19F2NO2/c1-18(24,15-8-7-14(20)11-16(15)21)12-22-17(23)19(9-10-19)13-5-3-2-4-6-13/h2-8,11,24H,9-10,12H2,1H3,(H,22,23)/t18-/m0/s1. The van der Waals surface area contributed by atoms with Crippen LogP contribution < -0.4 is 5.32 Å². The maximum absolute atomic E-state index is 13.9. The van der Waals surface area contributed by atoms with E-state index in [1.165, 1.54) is 13.0 Å². The van der Waals surface area contributed by atoms with Crippen LogP contribution in [-0.2, 0) is 15.8 Å². The van der Waals surface area contributed by atoms with Gasteiger partial charge in [0.2, 0.25) is 5.91 Å². The molecule has 0 spiro atoms. The molecule has 1 atom stereocenters. The van der Waals surface area contributed by atoms with Gasteiger partial charge in [-0.3, -0.25) is 4.79 Å². The summed E-state index contributed by atoms with van der Waals surface area (Å²) in [6, 6.07) is 12.5. The summed E-state index contributed by atoms with van der Waals surface area (Å²) in [7, 11) is 0. The normalized spacial score (nSPS) is 17.8. The van der Waals surface area contributed by atoms with Crippen LogP contribution in [0.5, 0.6) is 0 Å². The molecule has 1 amide bonds. The third-order valence-corrected chi connectivity index (χ3v) is 4.62. The number of halogens is 2. The van der Waals surface area contributed by atoms with E-state index in [9.17, 15) is 18.7 Å². The highest BCUT2D eigenvalue weighted by Gasteiger charge is 2.51. The first kappa shape index (κ1) is 16.6. The van der Waals surface area contributed by atoms with Crippen molar-refractivity contribution in [3.63, 3.8) is 0 Å². The first-order chi connectivity index (χ1) is 11.3. The molecule has 0 aliphatic heterocycles. The number of amides is 1. The number of aliphatic hydroxyl groups is 1. The molecule has 2 aromatic rings. The van der Waals surface area contributed by atoms with E-state index in [1.54, 1.807) is 0 Å². The highest BCUT2D eigenvalue weighted by molar-refractivity contribution is 5.91. The summed E-state index contributed by atoms with van der Waals surface area (Å²) in [6.07, 6.45) is 1.49. The van der Waals surface area contributed by atoms with Crippen molar-refractivity contribution < 1.29 is 18.7 Å². The van der Waals surface area contributed by atoms with Crippen molar-refractivity contribution in [3.8, 4) is 0 Å². The van der Waals surface area contributed by atoms with Gasteiger partial charge in [0, 0.05) is 11.6 Å². The average Bonchev–Trinajstić information content (AvgIpc) is 3.35. The number of rotatable bonds is 5. The zero-order valence-electron chi connectivity index (χ0n) is 13.4. The van der Waals surface area contributed by atoms with Crippen LogP contribution in [0, 0.1) is 11.6 Å². The molecule has 1 aliphatic carbocycles. The first-order valence-corrected chi connectivity index (χ1v) is 7.87. The lowest BCUT2D eigenvalue weighted by Gasteiger charge is -2.26. The smallest absolute Gasteiger partial charge is 0.230 e. The van der Waals surface area contributed by atoms with Crippen molar-refractivity contribution >= 4 is 5.91 Å². The molecule has 3 rings (SSSR count). The van der Waals surface area contributed by atoms with Crippen molar-refractivity contribution in [2.45, 2.75) is 30.8 Å². The molecule has 2 N–H and O–H groups in total. The van der Waals surface area contributed by atoms with Crippen LogP contribution >= 0.6 is 0 Å². The first-order valence-electron chi connectivity index (χ1n) is 7.87. The van der Waals surface area contributed by atoms with Crippen molar-refractivity contribution in [2.75, 3.05) is 6.54 Å². The molecular weight excluding hydrogens is 312 g/mol. The summed E-state index contributed by atoms with van der Waals surface area (Å²) in [4.78, 5) is 12.6. The largest absolute Gasteiger partial charge is 0.383 e. The SMILES string of the molecule is C[C@](O)(CNC(=O)C1(c2ccccc2)CC1)c1ccc(F)cc1F. The van der Waals surface area contributed by atoms with Crippen molar-refractivity contribution in [2.24, 2.45) is 0 Å². The van der Waals surface area contributed by atoms with E-state index in [4.69, 9.17) is 0 Å². The van der Waals surface area contributed by atoms with E-state index in [1.807, 2.05) is 30.3 Å². The molecule has 1 saturated carbocycles. The number of hydrogen-bond acceptors (Lipinski definition) is 2. The van der Waals surface area contributed by atoms with Gasteiger partial charge in [0.05, 0.1) is 12.0 Å². The summed E-state index contributed by atoms with van der Waals surface area (Å²) < 4.78 is 26.9. The number of nitrogens with one attached hydrogen (secondary N) is 1. The van der Waals surface area contributed by atoms with Crippen LogP contribution in [0.2, 0.25) is 0 Å². The van der Waals surface area contributed by atoms with Gasteiger partial charge in [-0.15, -0.1) is 0 Å². The monoisotopic (exact) mass is 331 g/mol. The Labute approximate surface area is 139 Å². The molecule has 0 heterocycles. The number of benzene rings is 2. The van der Waals surface area contributed by atoms with Crippen molar-refractivity contribution in [1.29, 1.82) is 0 Å². The molecular formula is C19H19F2NO2. The Kier molecular flexibility index (Phi) is 4.13. The summed E-state index contributed by atoms with van der Waals surface area (Å²) >= 11 is 0. The number of carbonyl (C=O) groups is 1. The fraction of sp³-hybridized carbons (Fsp3) is 0.316.